The number of hydrogen-bond acceptors (Lipinski definition) is 3. The van der Waals surface area contributed by atoms with E-state index in [4.69, 9.17) is 15.3 Å². The number of aliphatic hydroxyl groups is 1. The van der Waals surface area contributed by atoms with Gasteiger partial charge in [0.1, 0.15) is 0 Å². The van der Waals surface area contributed by atoms with Gasteiger partial charge in [0.25, 0.3) is 0 Å². The van der Waals surface area contributed by atoms with Gasteiger partial charge in [0.2, 0.25) is 0 Å². The summed E-state index contributed by atoms with van der Waals surface area (Å²) in [6, 6.07) is 0. The van der Waals surface area contributed by atoms with E-state index in [1.807, 2.05) is 0 Å². The van der Waals surface area contributed by atoms with E-state index >= 15 is 0 Å². The van der Waals surface area contributed by atoms with Gasteiger partial charge < -0.3 is 23.9 Å². The standard InChI is InChI=1S/C4H6O5.Ca.2Mg.6H/c5-2(4(8)9)1-3(6)7;;;;;;;;;/h2,5H,1H2,(H,6,7)(H,8,9);;;;;;;;;/q;3*+2;6*-1. The van der Waals surface area contributed by atoms with E-state index in [-0.39, 0.29) is 92.4 Å². The molecule has 0 spiro atoms. The van der Waals surface area contributed by atoms with E-state index in [2.05, 4.69) is 0 Å². The summed E-state index contributed by atoms with van der Waals surface area (Å²) in [4.78, 5) is 19.4. The SMILES string of the molecule is O=C(O)CC(O)C(=O)O.[Ca+2].[H-].[H-].[H-].[H-].[H-].[H-].[Mg+2].[Mg+2]. The third-order valence-corrected chi connectivity index (χ3v) is 0.653. The van der Waals surface area contributed by atoms with Gasteiger partial charge in [-0.2, -0.15) is 0 Å². The average molecular weight is 229 g/mol. The first-order valence-electron chi connectivity index (χ1n) is 2.16. The van der Waals surface area contributed by atoms with Crippen molar-refractivity contribution in [3.63, 3.8) is 0 Å². The number of hydrogen-bond donors (Lipinski definition) is 3. The molecular formula is C4H12CaMg2O5. The minimum absolute atomic E-state index is 0. The predicted molar refractivity (Wildman–Crippen MR) is 49.8 cm³/mol. The molecule has 0 heterocycles. The first-order chi connectivity index (χ1) is 4.04. The monoisotopic (exact) mass is 228 g/mol. The average Bonchev–Trinajstić information content (AvgIpc) is 1.63. The summed E-state index contributed by atoms with van der Waals surface area (Å²) in [5, 5.41) is 24.1. The zero-order valence-electron chi connectivity index (χ0n) is 12.6. The molecule has 0 aromatic carbocycles. The molecule has 8 heteroatoms. The summed E-state index contributed by atoms with van der Waals surface area (Å²) in [5.74, 6) is -2.85. The Labute approximate surface area is 140 Å². The Balaban J connectivity index is -0.00000000889. The Bertz CT molecular complexity index is 158. The molecule has 12 heavy (non-hydrogen) atoms. The third kappa shape index (κ3) is 14.2. The molecule has 0 aliphatic carbocycles. The number of rotatable bonds is 3. The molecule has 5 nitrogen and oxygen atoms in total. The van der Waals surface area contributed by atoms with Gasteiger partial charge in [-0.1, -0.05) is 0 Å². The quantitative estimate of drug-likeness (QED) is 0.508. The van der Waals surface area contributed by atoms with Crippen LogP contribution in [-0.4, -0.2) is 117 Å². The van der Waals surface area contributed by atoms with Crippen molar-refractivity contribution in [1.29, 1.82) is 0 Å². The molecule has 0 radical (unpaired) electrons. The predicted octanol–water partition coefficient (Wildman–Crippen LogP) is -1.56. The maximum atomic E-state index is 9.72. The molecule has 0 saturated carbocycles. The topological polar surface area (TPSA) is 94.8 Å². The summed E-state index contributed by atoms with van der Waals surface area (Å²) in [6.07, 6.45) is -2.54. The fraction of sp³-hybridized carbons (Fsp3) is 0.500. The molecule has 0 bridgehead atoms. The van der Waals surface area contributed by atoms with Crippen LogP contribution >= 0.6 is 0 Å². The third-order valence-electron chi connectivity index (χ3n) is 0.653. The van der Waals surface area contributed by atoms with Gasteiger partial charge in [0.15, 0.2) is 6.10 Å². The van der Waals surface area contributed by atoms with Crippen molar-refractivity contribution in [3.05, 3.63) is 0 Å². The van der Waals surface area contributed by atoms with E-state index in [1.165, 1.54) is 0 Å². The molecule has 1 unspecified atom stereocenters. The zero-order chi connectivity index (χ0) is 7.44. The first kappa shape index (κ1) is 23.5. The molecule has 3 N–H and O–H groups in total. The zero-order valence-corrected chi connectivity index (χ0v) is 11.6. The Morgan fingerprint density at radius 1 is 1.25 bits per heavy atom. The van der Waals surface area contributed by atoms with E-state index in [0.717, 1.165) is 0 Å². The van der Waals surface area contributed by atoms with Crippen molar-refractivity contribution in [1.82, 2.24) is 0 Å². The van der Waals surface area contributed by atoms with Gasteiger partial charge in [-0.3, -0.25) is 4.79 Å². The summed E-state index contributed by atoms with van der Waals surface area (Å²) >= 11 is 0. The molecule has 1 atom stereocenters. The fourth-order valence-corrected chi connectivity index (χ4v) is 0.253. The van der Waals surface area contributed by atoms with E-state index in [9.17, 15) is 9.59 Å². The van der Waals surface area contributed by atoms with Crippen LogP contribution in [0.1, 0.15) is 15.0 Å². The Morgan fingerprint density at radius 3 is 1.67 bits per heavy atom. The number of aliphatic hydroxyl groups excluding tert-OH is 1. The van der Waals surface area contributed by atoms with Crippen molar-refractivity contribution in [3.8, 4) is 0 Å². The Hall–Kier alpha value is 1.69. The van der Waals surface area contributed by atoms with Crippen LogP contribution < -0.4 is 0 Å². The van der Waals surface area contributed by atoms with E-state index in [0.29, 0.717) is 0 Å². The van der Waals surface area contributed by atoms with Gasteiger partial charge in [-0.25, -0.2) is 4.79 Å². The van der Waals surface area contributed by atoms with Gasteiger partial charge in [0.05, 0.1) is 6.42 Å². The largest absolute Gasteiger partial charge is 2.00 e. The summed E-state index contributed by atoms with van der Waals surface area (Å²) in [5.41, 5.74) is 0. The summed E-state index contributed by atoms with van der Waals surface area (Å²) < 4.78 is 0. The van der Waals surface area contributed by atoms with Crippen LogP contribution in [0.15, 0.2) is 0 Å². The van der Waals surface area contributed by atoms with Crippen molar-refractivity contribution in [2.75, 3.05) is 0 Å². The molecule has 64 valence electrons. The fourth-order valence-electron chi connectivity index (χ4n) is 0.253. The van der Waals surface area contributed by atoms with Crippen molar-refractivity contribution in [2.24, 2.45) is 0 Å². The molecule has 0 aliphatic heterocycles. The molecule has 0 aromatic heterocycles. The van der Waals surface area contributed by atoms with Crippen LogP contribution in [0, 0.1) is 0 Å². The summed E-state index contributed by atoms with van der Waals surface area (Å²) in [7, 11) is 0. The van der Waals surface area contributed by atoms with E-state index in [1.54, 1.807) is 0 Å². The Kier molecular flexibility index (Phi) is 24.8. The van der Waals surface area contributed by atoms with Crippen LogP contribution in [0.2, 0.25) is 0 Å². The number of carbonyl (C=O) groups is 2. The van der Waals surface area contributed by atoms with Gasteiger partial charge >= 0.3 is 95.8 Å². The minimum Gasteiger partial charge on any atom is -1.00 e. The molecule has 0 amide bonds. The van der Waals surface area contributed by atoms with Crippen LogP contribution in [0.4, 0.5) is 0 Å². The van der Waals surface area contributed by atoms with Crippen LogP contribution in [0.3, 0.4) is 0 Å². The molecule has 0 rings (SSSR count). The van der Waals surface area contributed by atoms with Gasteiger partial charge in [-0.15, -0.1) is 0 Å². The second kappa shape index (κ2) is 12.7. The van der Waals surface area contributed by atoms with Crippen LogP contribution in [0.5, 0.6) is 0 Å². The second-order valence-electron chi connectivity index (χ2n) is 1.45. The smallest absolute Gasteiger partial charge is 1.00 e. The number of aliphatic carboxylic acids is 2. The second-order valence-corrected chi connectivity index (χ2v) is 1.45. The van der Waals surface area contributed by atoms with Crippen molar-refractivity contribution >= 4 is 95.8 Å². The molecule has 0 saturated heterocycles. The van der Waals surface area contributed by atoms with Crippen LogP contribution in [-0.2, 0) is 9.59 Å². The van der Waals surface area contributed by atoms with Crippen LogP contribution in [0.25, 0.3) is 0 Å². The molecule has 0 aromatic rings. The van der Waals surface area contributed by atoms with Gasteiger partial charge in [-0.05, 0) is 0 Å². The van der Waals surface area contributed by atoms with Crippen molar-refractivity contribution in [2.45, 2.75) is 12.5 Å². The first-order valence-corrected chi connectivity index (χ1v) is 2.16. The normalized spacial score (nSPS) is 9.42. The van der Waals surface area contributed by atoms with E-state index < -0.39 is 24.5 Å². The molecule has 0 aliphatic rings. The van der Waals surface area contributed by atoms with Crippen molar-refractivity contribution < 1.29 is 33.5 Å². The summed E-state index contributed by atoms with van der Waals surface area (Å²) in [6.45, 7) is 0. The van der Waals surface area contributed by atoms with Gasteiger partial charge in [0, 0.05) is 0 Å². The minimum atomic E-state index is -1.79. The number of carboxylic acids is 2. The Morgan fingerprint density at radius 2 is 1.58 bits per heavy atom. The maximum Gasteiger partial charge on any atom is 2.00 e. The maximum absolute atomic E-state index is 9.72. The molecular weight excluding hydrogens is 217 g/mol. The number of carboxylic acid groups (broad SMARTS) is 2. The molecule has 0 fully saturated rings.